The van der Waals surface area contributed by atoms with E-state index in [1.54, 1.807) is 0 Å². The number of hydrogen-bond donors (Lipinski definition) is 2. The van der Waals surface area contributed by atoms with E-state index in [1.807, 2.05) is 19.9 Å². The number of aliphatic hydroxyl groups is 1. The zero-order valence-electron chi connectivity index (χ0n) is 13.6. The van der Waals surface area contributed by atoms with Crippen molar-refractivity contribution in [1.82, 2.24) is 5.32 Å². The molecule has 3 heteroatoms. The second-order valence-electron chi connectivity index (χ2n) is 6.57. The molecule has 0 spiro atoms. The van der Waals surface area contributed by atoms with E-state index in [9.17, 15) is 5.11 Å². The predicted molar refractivity (Wildman–Crippen MR) is 86.9 cm³/mol. The predicted octanol–water partition coefficient (Wildman–Crippen LogP) is 3.21. The number of ether oxygens (including phenoxy) is 1. The highest BCUT2D eigenvalue weighted by atomic mass is 16.5. The molecule has 0 aliphatic heterocycles. The van der Waals surface area contributed by atoms with Crippen LogP contribution in [0.5, 0.6) is 5.75 Å². The third-order valence-corrected chi connectivity index (χ3v) is 4.82. The van der Waals surface area contributed by atoms with Crippen molar-refractivity contribution in [3.05, 3.63) is 29.3 Å². The number of benzene rings is 1. The molecule has 1 saturated carbocycles. The second-order valence-corrected chi connectivity index (χ2v) is 6.57. The van der Waals surface area contributed by atoms with Crippen molar-refractivity contribution >= 4 is 0 Å². The Bertz CT molecular complexity index is 449. The number of nitrogens with one attached hydrogen (secondary N) is 1. The van der Waals surface area contributed by atoms with Crippen LogP contribution < -0.4 is 10.1 Å². The van der Waals surface area contributed by atoms with Crippen molar-refractivity contribution in [2.24, 2.45) is 5.41 Å². The van der Waals surface area contributed by atoms with E-state index in [1.165, 1.54) is 31.2 Å². The van der Waals surface area contributed by atoms with E-state index in [4.69, 9.17) is 4.74 Å². The molecule has 21 heavy (non-hydrogen) atoms. The average molecular weight is 291 g/mol. The van der Waals surface area contributed by atoms with Gasteiger partial charge in [-0.2, -0.15) is 0 Å². The molecule has 1 fully saturated rings. The van der Waals surface area contributed by atoms with E-state index < -0.39 is 6.10 Å². The van der Waals surface area contributed by atoms with Crippen LogP contribution in [-0.2, 0) is 0 Å². The molecule has 3 nitrogen and oxygen atoms in total. The Kier molecular flexibility index (Phi) is 5.65. The lowest BCUT2D eigenvalue weighted by Gasteiger charge is -2.41. The van der Waals surface area contributed by atoms with Crippen LogP contribution in [0.1, 0.15) is 43.7 Å². The summed E-state index contributed by atoms with van der Waals surface area (Å²) in [5.74, 6) is 0.873. The summed E-state index contributed by atoms with van der Waals surface area (Å²) in [6.45, 7) is 8.31. The Morgan fingerprint density at radius 1 is 1.33 bits per heavy atom. The van der Waals surface area contributed by atoms with Crippen molar-refractivity contribution in [2.75, 3.05) is 19.7 Å². The summed E-state index contributed by atoms with van der Waals surface area (Å²) in [5, 5.41) is 13.5. The van der Waals surface area contributed by atoms with E-state index >= 15 is 0 Å². The number of aryl methyl sites for hydroxylation is 2. The molecule has 1 aromatic carbocycles. The van der Waals surface area contributed by atoms with Crippen LogP contribution in [0.15, 0.2) is 18.2 Å². The molecule has 0 radical (unpaired) electrons. The fraction of sp³-hybridized carbons (Fsp3) is 0.667. The van der Waals surface area contributed by atoms with Gasteiger partial charge in [-0.3, -0.25) is 0 Å². The van der Waals surface area contributed by atoms with Gasteiger partial charge in [-0.1, -0.05) is 25.5 Å². The number of rotatable bonds is 8. The standard InChI is InChI=1S/C18H29NO2/c1-4-18(8-5-9-18)13-19-11-16(20)12-21-17-10-14(2)6-7-15(17)3/h6-7,10,16,19-20H,4-5,8-9,11-13H2,1-3H3. The molecular weight excluding hydrogens is 262 g/mol. The average Bonchev–Trinajstić information content (AvgIpc) is 2.43. The molecule has 1 atom stereocenters. The van der Waals surface area contributed by atoms with Crippen molar-refractivity contribution < 1.29 is 9.84 Å². The van der Waals surface area contributed by atoms with Gasteiger partial charge in [-0.05, 0) is 55.7 Å². The normalized spacial score (nSPS) is 18.1. The zero-order chi connectivity index (χ0) is 15.3. The third kappa shape index (κ3) is 4.45. The summed E-state index contributed by atoms with van der Waals surface area (Å²) < 4.78 is 5.74. The van der Waals surface area contributed by atoms with Crippen LogP contribution in [0.25, 0.3) is 0 Å². The van der Waals surface area contributed by atoms with Gasteiger partial charge in [0, 0.05) is 13.1 Å². The monoisotopic (exact) mass is 291 g/mol. The molecule has 1 aromatic rings. The molecule has 2 N–H and O–H groups in total. The van der Waals surface area contributed by atoms with E-state index in [-0.39, 0.29) is 0 Å². The van der Waals surface area contributed by atoms with Gasteiger partial charge in [-0.25, -0.2) is 0 Å². The van der Waals surface area contributed by atoms with Gasteiger partial charge < -0.3 is 15.2 Å². The Hall–Kier alpha value is -1.06. The first-order chi connectivity index (χ1) is 10.0. The molecule has 0 heterocycles. The molecule has 0 bridgehead atoms. The Labute approximate surface area is 128 Å². The summed E-state index contributed by atoms with van der Waals surface area (Å²) in [4.78, 5) is 0. The van der Waals surface area contributed by atoms with Crippen molar-refractivity contribution in [1.29, 1.82) is 0 Å². The summed E-state index contributed by atoms with van der Waals surface area (Å²) in [5.41, 5.74) is 2.78. The summed E-state index contributed by atoms with van der Waals surface area (Å²) in [7, 11) is 0. The maximum atomic E-state index is 10.0. The Morgan fingerprint density at radius 3 is 2.71 bits per heavy atom. The first-order valence-corrected chi connectivity index (χ1v) is 8.13. The van der Waals surface area contributed by atoms with E-state index in [0.717, 1.165) is 17.9 Å². The van der Waals surface area contributed by atoms with Crippen molar-refractivity contribution in [3.8, 4) is 5.75 Å². The molecule has 118 valence electrons. The van der Waals surface area contributed by atoms with Crippen LogP contribution in [0.3, 0.4) is 0 Å². The second kappa shape index (κ2) is 7.28. The Balaban J connectivity index is 1.70. The van der Waals surface area contributed by atoms with E-state index in [0.29, 0.717) is 18.6 Å². The van der Waals surface area contributed by atoms with Crippen LogP contribution in [0.2, 0.25) is 0 Å². The molecule has 1 aliphatic carbocycles. The number of hydrogen-bond acceptors (Lipinski definition) is 3. The lowest BCUT2D eigenvalue weighted by Crippen LogP contribution is -2.42. The minimum Gasteiger partial charge on any atom is -0.491 e. The molecule has 0 saturated heterocycles. The zero-order valence-corrected chi connectivity index (χ0v) is 13.6. The van der Waals surface area contributed by atoms with Gasteiger partial charge in [-0.15, -0.1) is 0 Å². The lowest BCUT2D eigenvalue weighted by atomic mass is 9.67. The first kappa shape index (κ1) is 16.3. The first-order valence-electron chi connectivity index (χ1n) is 8.13. The van der Waals surface area contributed by atoms with Crippen LogP contribution >= 0.6 is 0 Å². The number of aliphatic hydroxyl groups excluding tert-OH is 1. The molecule has 1 aliphatic rings. The molecule has 2 rings (SSSR count). The molecular formula is C18H29NO2. The quantitative estimate of drug-likeness (QED) is 0.773. The van der Waals surface area contributed by atoms with Gasteiger partial charge in [0.05, 0.1) is 0 Å². The van der Waals surface area contributed by atoms with Gasteiger partial charge in [0.1, 0.15) is 18.5 Å². The minimum atomic E-state index is -0.459. The Morgan fingerprint density at radius 2 is 2.10 bits per heavy atom. The van der Waals surface area contributed by atoms with Gasteiger partial charge in [0.25, 0.3) is 0 Å². The fourth-order valence-corrected chi connectivity index (χ4v) is 2.94. The molecule has 1 unspecified atom stereocenters. The van der Waals surface area contributed by atoms with Gasteiger partial charge in [0.15, 0.2) is 0 Å². The lowest BCUT2D eigenvalue weighted by molar-refractivity contribution is 0.0867. The highest BCUT2D eigenvalue weighted by Crippen LogP contribution is 2.42. The smallest absolute Gasteiger partial charge is 0.122 e. The van der Waals surface area contributed by atoms with Crippen LogP contribution in [0.4, 0.5) is 0 Å². The largest absolute Gasteiger partial charge is 0.491 e. The van der Waals surface area contributed by atoms with E-state index in [2.05, 4.69) is 24.4 Å². The highest BCUT2D eigenvalue weighted by Gasteiger charge is 2.34. The molecule has 0 amide bonds. The van der Waals surface area contributed by atoms with Gasteiger partial charge >= 0.3 is 0 Å². The minimum absolute atomic E-state index is 0.344. The van der Waals surface area contributed by atoms with Gasteiger partial charge in [0.2, 0.25) is 0 Å². The maximum absolute atomic E-state index is 10.0. The molecule has 0 aromatic heterocycles. The highest BCUT2D eigenvalue weighted by molar-refractivity contribution is 5.35. The summed E-state index contributed by atoms with van der Waals surface area (Å²) in [6.07, 6.45) is 4.78. The van der Waals surface area contributed by atoms with Crippen LogP contribution in [-0.4, -0.2) is 30.9 Å². The topological polar surface area (TPSA) is 41.5 Å². The maximum Gasteiger partial charge on any atom is 0.122 e. The SMILES string of the molecule is CCC1(CNCC(O)COc2cc(C)ccc2C)CCC1. The fourth-order valence-electron chi connectivity index (χ4n) is 2.94. The van der Waals surface area contributed by atoms with Crippen molar-refractivity contribution in [3.63, 3.8) is 0 Å². The summed E-state index contributed by atoms with van der Waals surface area (Å²) >= 11 is 0. The van der Waals surface area contributed by atoms with Crippen LogP contribution in [0, 0.1) is 19.3 Å². The third-order valence-electron chi connectivity index (χ3n) is 4.82. The summed E-state index contributed by atoms with van der Waals surface area (Å²) in [6, 6.07) is 6.15. The van der Waals surface area contributed by atoms with Crippen molar-refractivity contribution in [2.45, 2.75) is 52.6 Å².